The Bertz CT molecular complexity index is 444. The summed E-state index contributed by atoms with van der Waals surface area (Å²) in [5, 5.41) is 3.48. The number of nitrogens with one attached hydrogen (secondary N) is 1. The van der Waals surface area contributed by atoms with Gasteiger partial charge in [0, 0.05) is 20.2 Å². The lowest BCUT2D eigenvalue weighted by Gasteiger charge is -2.30. The third kappa shape index (κ3) is 4.42. The summed E-state index contributed by atoms with van der Waals surface area (Å²) in [5.41, 5.74) is 1.32. The van der Waals surface area contributed by atoms with Gasteiger partial charge in [0.1, 0.15) is 0 Å². The predicted molar refractivity (Wildman–Crippen MR) is 82.3 cm³/mol. The largest absolute Gasteiger partial charge is 0.494 e. The molecule has 1 aliphatic carbocycles. The molecule has 0 heterocycles. The van der Waals surface area contributed by atoms with Crippen LogP contribution in [0.5, 0.6) is 5.75 Å². The lowest BCUT2D eigenvalue weighted by molar-refractivity contribution is 0.189. The molecular weight excluding hydrogens is 269 g/mol. The summed E-state index contributed by atoms with van der Waals surface area (Å²) in [6.45, 7) is 2.58. The molecule has 0 saturated heterocycles. The zero-order valence-corrected chi connectivity index (χ0v) is 13.1. The predicted octanol–water partition coefficient (Wildman–Crippen LogP) is 3.17. The molecule has 0 aliphatic heterocycles. The molecule has 0 amide bonds. The van der Waals surface area contributed by atoms with E-state index in [9.17, 15) is 4.39 Å². The Labute approximate surface area is 126 Å². The van der Waals surface area contributed by atoms with Crippen molar-refractivity contribution in [2.45, 2.75) is 32.1 Å². The molecule has 1 aliphatic rings. The number of methoxy groups -OCH3 is 2. The highest BCUT2D eigenvalue weighted by Crippen LogP contribution is 2.40. The molecule has 1 aromatic rings. The standard InChI is InChI=1S/C17H26FNO2/c1-20-10-9-19-13-17(7-3-4-8-17)12-14-5-6-16(21-2)15(18)11-14/h5-6,11,19H,3-4,7-10,12-13H2,1-2H3. The quantitative estimate of drug-likeness (QED) is 0.747. The van der Waals surface area contributed by atoms with Crippen LogP contribution < -0.4 is 10.1 Å². The molecule has 118 valence electrons. The van der Waals surface area contributed by atoms with Crippen molar-refractivity contribution in [3.8, 4) is 5.75 Å². The minimum absolute atomic E-state index is 0.259. The van der Waals surface area contributed by atoms with Gasteiger partial charge in [-0.1, -0.05) is 18.9 Å². The van der Waals surface area contributed by atoms with Gasteiger partial charge in [-0.25, -0.2) is 4.39 Å². The molecule has 0 atom stereocenters. The molecule has 0 bridgehead atoms. The minimum atomic E-state index is -0.268. The van der Waals surface area contributed by atoms with Crippen LogP contribution in [0.4, 0.5) is 4.39 Å². The van der Waals surface area contributed by atoms with Gasteiger partial charge in [0.25, 0.3) is 0 Å². The van der Waals surface area contributed by atoms with E-state index in [0.29, 0.717) is 5.75 Å². The van der Waals surface area contributed by atoms with E-state index in [1.165, 1.54) is 32.8 Å². The second kappa shape index (κ2) is 7.76. The fourth-order valence-corrected chi connectivity index (χ4v) is 3.32. The van der Waals surface area contributed by atoms with Crippen LogP contribution >= 0.6 is 0 Å². The SMILES string of the molecule is COCCNCC1(Cc2ccc(OC)c(F)c2)CCCC1. The fourth-order valence-electron chi connectivity index (χ4n) is 3.32. The van der Waals surface area contributed by atoms with Crippen LogP contribution in [-0.2, 0) is 11.2 Å². The maximum Gasteiger partial charge on any atom is 0.165 e. The smallest absolute Gasteiger partial charge is 0.165 e. The van der Waals surface area contributed by atoms with Crippen molar-refractivity contribution in [2.24, 2.45) is 5.41 Å². The van der Waals surface area contributed by atoms with E-state index in [1.54, 1.807) is 19.2 Å². The zero-order chi connectivity index (χ0) is 15.1. The van der Waals surface area contributed by atoms with Crippen LogP contribution in [0.3, 0.4) is 0 Å². The van der Waals surface area contributed by atoms with Crippen molar-refractivity contribution in [3.63, 3.8) is 0 Å². The molecule has 1 fully saturated rings. The molecule has 0 radical (unpaired) electrons. The molecule has 1 aromatic carbocycles. The Morgan fingerprint density at radius 2 is 2.00 bits per heavy atom. The maximum absolute atomic E-state index is 13.8. The lowest BCUT2D eigenvalue weighted by atomic mass is 9.80. The van der Waals surface area contributed by atoms with Crippen LogP contribution in [0, 0.1) is 11.2 Å². The van der Waals surface area contributed by atoms with Crippen molar-refractivity contribution < 1.29 is 13.9 Å². The Morgan fingerprint density at radius 3 is 2.62 bits per heavy atom. The first-order valence-corrected chi connectivity index (χ1v) is 7.71. The average Bonchev–Trinajstić information content (AvgIpc) is 2.93. The summed E-state index contributed by atoms with van der Waals surface area (Å²) in [6, 6.07) is 5.33. The third-order valence-electron chi connectivity index (χ3n) is 4.44. The topological polar surface area (TPSA) is 30.5 Å². The van der Waals surface area contributed by atoms with Crippen LogP contribution in [0.2, 0.25) is 0 Å². The van der Waals surface area contributed by atoms with E-state index in [0.717, 1.165) is 31.7 Å². The van der Waals surface area contributed by atoms with Crippen molar-refractivity contribution >= 4 is 0 Å². The average molecular weight is 295 g/mol. The lowest BCUT2D eigenvalue weighted by Crippen LogP contribution is -2.35. The number of halogens is 1. The highest BCUT2D eigenvalue weighted by Gasteiger charge is 2.33. The first-order valence-electron chi connectivity index (χ1n) is 7.71. The van der Waals surface area contributed by atoms with Gasteiger partial charge in [-0.15, -0.1) is 0 Å². The molecule has 1 saturated carbocycles. The van der Waals surface area contributed by atoms with E-state index in [1.807, 2.05) is 6.07 Å². The monoisotopic (exact) mass is 295 g/mol. The molecule has 0 spiro atoms. The van der Waals surface area contributed by atoms with Gasteiger partial charge < -0.3 is 14.8 Å². The highest BCUT2D eigenvalue weighted by atomic mass is 19.1. The Kier molecular flexibility index (Phi) is 6.00. The van der Waals surface area contributed by atoms with Crippen molar-refractivity contribution in [3.05, 3.63) is 29.6 Å². The summed E-state index contributed by atoms with van der Waals surface area (Å²) in [5.74, 6) is 0.0490. The van der Waals surface area contributed by atoms with Gasteiger partial charge in [-0.3, -0.25) is 0 Å². The van der Waals surface area contributed by atoms with Gasteiger partial charge in [0.05, 0.1) is 13.7 Å². The fraction of sp³-hybridized carbons (Fsp3) is 0.647. The van der Waals surface area contributed by atoms with Crippen molar-refractivity contribution in [2.75, 3.05) is 33.9 Å². The summed E-state index contributed by atoms with van der Waals surface area (Å²) in [6.07, 6.45) is 5.88. The molecule has 1 N–H and O–H groups in total. The highest BCUT2D eigenvalue weighted by molar-refractivity contribution is 5.30. The van der Waals surface area contributed by atoms with Crippen molar-refractivity contribution in [1.29, 1.82) is 0 Å². The Morgan fingerprint density at radius 1 is 1.24 bits per heavy atom. The van der Waals surface area contributed by atoms with E-state index in [-0.39, 0.29) is 11.2 Å². The summed E-state index contributed by atoms with van der Waals surface area (Å²) >= 11 is 0. The van der Waals surface area contributed by atoms with Gasteiger partial charge in [0.15, 0.2) is 11.6 Å². The van der Waals surface area contributed by atoms with E-state index < -0.39 is 0 Å². The molecule has 3 nitrogen and oxygen atoms in total. The van der Waals surface area contributed by atoms with Gasteiger partial charge >= 0.3 is 0 Å². The first kappa shape index (κ1) is 16.2. The Hall–Kier alpha value is -1.13. The van der Waals surface area contributed by atoms with E-state index in [4.69, 9.17) is 9.47 Å². The second-order valence-corrected chi connectivity index (χ2v) is 6.02. The molecule has 0 aromatic heterocycles. The normalized spacial score (nSPS) is 17.1. The first-order chi connectivity index (χ1) is 10.2. The number of rotatable bonds is 8. The number of hydrogen-bond donors (Lipinski definition) is 1. The number of ether oxygens (including phenoxy) is 2. The molecule has 2 rings (SSSR count). The van der Waals surface area contributed by atoms with Gasteiger partial charge in [-0.2, -0.15) is 0 Å². The van der Waals surface area contributed by atoms with Crippen LogP contribution in [0.25, 0.3) is 0 Å². The molecule has 21 heavy (non-hydrogen) atoms. The maximum atomic E-state index is 13.8. The van der Waals surface area contributed by atoms with Gasteiger partial charge in [-0.05, 0) is 42.4 Å². The summed E-state index contributed by atoms with van der Waals surface area (Å²) in [4.78, 5) is 0. The summed E-state index contributed by atoms with van der Waals surface area (Å²) in [7, 11) is 3.21. The minimum Gasteiger partial charge on any atom is -0.494 e. The molecular formula is C17H26FNO2. The number of hydrogen-bond acceptors (Lipinski definition) is 3. The zero-order valence-electron chi connectivity index (χ0n) is 13.1. The second-order valence-electron chi connectivity index (χ2n) is 6.02. The third-order valence-corrected chi connectivity index (χ3v) is 4.44. The van der Waals surface area contributed by atoms with E-state index in [2.05, 4.69) is 5.32 Å². The summed E-state index contributed by atoms with van der Waals surface area (Å²) < 4.78 is 23.9. The van der Waals surface area contributed by atoms with Gasteiger partial charge in [0.2, 0.25) is 0 Å². The Balaban J connectivity index is 2.00. The van der Waals surface area contributed by atoms with Crippen molar-refractivity contribution in [1.82, 2.24) is 5.32 Å². The molecule has 4 heteroatoms. The molecule has 0 unspecified atom stereocenters. The van der Waals surface area contributed by atoms with Crippen LogP contribution in [-0.4, -0.2) is 33.9 Å². The van der Waals surface area contributed by atoms with E-state index >= 15 is 0 Å². The number of benzene rings is 1. The van der Waals surface area contributed by atoms with Crippen LogP contribution in [0.15, 0.2) is 18.2 Å². The van der Waals surface area contributed by atoms with Crippen LogP contribution in [0.1, 0.15) is 31.2 Å².